The zero-order valence-corrected chi connectivity index (χ0v) is 11.5. The van der Waals surface area contributed by atoms with Gasteiger partial charge in [-0.3, -0.25) is 9.59 Å². The SMILES string of the molecule is CC(CN)C(=O)N1CCCC1C(=O)N1CCOCC1. The summed E-state index contributed by atoms with van der Waals surface area (Å²) in [7, 11) is 0. The molecule has 2 amide bonds. The van der Waals surface area contributed by atoms with Crippen molar-refractivity contribution in [1.29, 1.82) is 0 Å². The number of carbonyl (C=O) groups excluding carboxylic acids is 2. The van der Waals surface area contributed by atoms with Crippen molar-refractivity contribution in [3.63, 3.8) is 0 Å². The van der Waals surface area contributed by atoms with Crippen molar-refractivity contribution in [2.75, 3.05) is 39.4 Å². The van der Waals surface area contributed by atoms with Crippen LogP contribution in [0.2, 0.25) is 0 Å². The molecule has 108 valence electrons. The molecule has 2 N–H and O–H groups in total. The number of amides is 2. The lowest BCUT2D eigenvalue weighted by molar-refractivity contribution is -0.147. The van der Waals surface area contributed by atoms with Crippen molar-refractivity contribution in [3.8, 4) is 0 Å². The van der Waals surface area contributed by atoms with Crippen molar-refractivity contribution in [3.05, 3.63) is 0 Å². The van der Waals surface area contributed by atoms with Crippen LogP contribution >= 0.6 is 0 Å². The first kappa shape index (κ1) is 14.3. The molecule has 0 spiro atoms. The molecule has 2 aliphatic rings. The zero-order chi connectivity index (χ0) is 13.8. The minimum atomic E-state index is -0.292. The first-order valence-corrected chi connectivity index (χ1v) is 7.02. The fourth-order valence-electron chi connectivity index (χ4n) is 2.67. The van der Waals surface area contributed by atoms with Crippen molar-refractivity contribution in [2.45, 2.75) is 25.8 Å². The fourth-order valence-corrected chi connectivity index (χ4v) is 2.67. The van der Waals surface area contributed by atoms with E-state index in [0.717, 1.165) is 12.8 Å². The van der Waals surface area contributed by atoms with Crippen LogP contribution in [0.15, 0.2) is 0 Å². The summed E-state index contributed by atoms with van der Waals surface area (Å²) in [5, 5.41) is 0. The van der Waals surface area contributed by atoms with Gasteiger partial charge in [0.15, 0.2) is 0 Å². The van der Waals surface area contributed by atoms with Crippen molar-refractivity contribution < 1.29 is 14.3 Å². The largest absolute Gasteiger partial charge is 0.378 e. The number of hydrogen-bond donors (Lipinski definition) is 1. The molecule has 2 aliphatic heterocycles. The summed E-state index contributed by atoms with van der Waals surface area (Å²) in [6.45, 7) is 5.25. The highest BCUT2D eigenvalue weighted by molar-refractivity contribution is 5.89. The molecule has 0 saturated carbocycles. The molecule has 2 unspecified atom stereocenters. The lowest BCUT2D eigenvalue weighted by Crippen LogP contribution is -2.52. The number of nitrogens with two attached hydrogens (primary N) is 1. The molecule has 2 rings (SSSR count). The topological polar surface area (TPSA) is 75.9 Å². The van der Waals surface area contributed by atoms with E-state index in [1.54, 1.807) is 4.90 Å². The summed E-state index contributed by atoms with van der Waals surface area (Å²) in [6, 6.07) is -0.292. The number of rotatable bonds is 3. The monoisotopic (exact) mass is 269 g/mol. The molecule has 0 aromatic heterocycles. The highest BCUT2D eigenvalue weighted by atomic mass is 16.5. The van der Waals surface area contributed by atoms with Crippen LogP contribution in [0.1, 0.15) is 19.8 Å². The molecule has 6 heteroatoms. The van der Waals surface area contributed by atoms with Gasteiger partial charge in [-0.1, -0.05) is 6.92 Å². The van der Waals surface area contributed by atoms with Gasteiger partial charge in [0.2, 0.25) is 11.8 Å². The predicted molar refractivity (Wildman–Crippen MR) is 70.4 cm³/mol. The average Bonchev–Trinajstić information content (AvgIpc) is 2.95. The van der Waals surface area contributed by atoms with Gasteiger partial charge in [-0.25, -0.2) is 0 Å². The number of nitrogens with zero attached hydrogens (tertiary/aromatic N) is 2. The number of likely N-dealkylation sites (tertiary alicyclic amines) is 1. The molecule has 2 fully saturated rings. The van der Waals surface area contributed by atoms with Crippen LogP contribution in [0.5, 0.6) is 0 Å². The molecule has 19 heavy (non-hydrogen) atoms. The molecule has 0 aliphatic carbocycles. The van der Waals surface area contributed by atoms with E-state index < -0.39 is 0 Å². The third-order valence-corrected chi connectivity index (χ3v) is 3.92. The summed E-state index contributed by atoms with van der Waals surface area (Å²) < 4.78 is 5.25. The molecule has 0 radical (unpaired) electrons. The number of morpholine rings is 1. The van der Waals surface area contributed by atoms with Crippen LogP contribution in [0, 0.1) is 5.92 Å². The van der Waals surface area contributed by atoms with Crippen LogP contribution in [-0.4, -0.2) is 67.0 Å². The first-order chi connectivity index (χ1) is 9.15. The van der Waals surface area contributed by atoms with Gasteiger partial charge in [0.1, 0.15) is 6.04 Å². The molecule has 0 aromatic rings. The Kier molecular flexibility index (Phi) is 4.76. The average molecular weight is 269 g/mol. The summed E-state index contributed by atoms with van der Waals surface area (Å²) >= 11 is 0. The van der Waals surface area contributed by atoms with Gasteiger partial charge < -0.3 is 20.3 Å². The van der Waals surface area contributed by atoms with E-state index in [0.29, 0.717) is 39.4 Å². The summed E-state index contributed by atoms with van der Waals surface area (Å²) in [5.41, 5.74) is 5.55. The second kappa shape index (κ2) is 6.34. The normalized spacial score (nSPS) is 25.5. The first-order valence-electron chi connectivity index (χ1n) is 7.02. The Morgan fingerprint density at radius 3 is 2.63 bits per heavy atom. The molecule has 6 nitrogen and oxygen atoms in total. The quantitative estimate of drug-likeness (QED) is 0.744. The van der Waals surface area contributed by atoms with Crippen molar-refractivity contribution >= 4 is 11.8 Å². The van der Waals surface area contributed by atoms with Gasteiger partial charge in [0.25, 0.3) is 0 Å². The number of carbonyl (C=O) groups is 2. The Balaban J connectivity index is 2.01. The standard InChI is InChI=1S/C13H23N3O3/c1-10(9-14)12(17)16-4-2-3-11(16)13(18)15-5-7-19-8-6-15/h10-11H,2-9,14H2,1H3. The highest BCUT2D eigenvalue weighted by Gasteiger charge is 2.37. The van der Waals surface area contributed by atoms with Crippen molar-refractivity contribution in [2.24, 2.45) is 11.7 Å². The lowest BCUT2D eigenvalue weighted by Gasteiger charge is -2.33. The van der Waals surface area contributed by atoms with Gasteiger partial charge in [0.05, 0.1) is 13.2 Å². The Hall–Kier alpha value is -1.14. The minimum Gasteiger partial charge on any atom is -0.378 e. The number of hydrogen-bond acceptors (Lipinski definition) is 4. The molecule has 2 heterocycles. The van der Waals surface area contributed by atoms with Crippen LogP contribution in [0.25, 0.3) is 0 Å². The molecular weight excluding hydrogens is 246 g/mol. The lowest BCUT2D eigenvalue weighted by atomic mass is 10.1. The Bertz CT molecular complexity index is 342. The van der Waals surface area contributed by atoms with E-state index in [9.17, 15) is 9.59 Å². The Labute approximate surface area is 113 Å². The maximum absolute atomic E-state index is 12.5. The summed E-state index contributed by atoms with van der Waals surface area (Å²) in [5.74, 6) is -0.136. The van der Waals surface area contributed by atoms with E-state index in [-0.39, 0.29) is 23.8 Å². The van der Waals surface area contributed by atoms with E-state index in [1.807, 2.05) is 11.8 Å². The van der Waals surface area contributed by atoms with Crippen molar-refractivity contribution in [1.82, 2.24) is 9.80 Å². The second-order valence-electron chi connectivity index (χ2n) is 5.26. The number of ether oxygens (including phenoxy) is 1. The van der Waals surface area contributed by atoms with Crippen LogP contribution < -0.4 is 5.73 Å². The summed E-state index contributed by atoms with van der Waals surface area (Å²) in [4.78, 5) is 28.2. The fraction of sp³-hybridized carbons (Fsp3) is 0.846. The van der Waals surface area contributed by atoms with Crippen LogP contribution in [0.4, 0.5) is 0 Å². The van der Waals surface area contributed by atoms with Crippen LogP contribution in [-0.2, 0) is 14.3 Å². The van der Waals surface area contributed by atoms with E-state index >= 15 is 0 Å². The molecule has 2 saturated heterocycles. The van der Waals surface area contributed by atoms with E-state index in [4.69, 9.17) is 10.5 Å². The van der Waals surface area contributed by atoms with Gasteiger partial charge >= 0.3 is 0 Å². The third kappa shape index (κ3) is 3.06. The van der Waals surface area contributed by atoms with Gasteiger partial charge in [-0.15, -0.1) is 0 Å². The molecule has 0 bridgehead atoms. The maximum Gasteiger partial charge on any atom is 0.245 e. The van der Waals surface area contributed by atoms with E-state index in [1.165, 1.54) is 0 Å². The minimum absolute atomic E-state index is 0.00612. The Morgan fingerprint density at radius 1 is 1.32 bits per heavy atom. The van der Waals surface area contributed by atoms with E-state index in [2.05, 4.69) is 0 Å². The van der Waals surface area contributed by atoms with Gasteiger partial charge in [0, 0.05) is 32.1 Å². The Morgan fingerprint density at radius 2 is 2.00 bits per heavy atom. The molecule has 0 aromatic carbocycles. The predicted octanol–water partition coefficient (Wildman–Crippen LogP) is -0.569. The van der Waals surface area contributed by atoms with Gasteiger partial charge in [-0.05, 0) is 12.8 Å². The zero-order valence-electron chi connectivity index (χ0n) is 11.5. The third-order valence-electron chi connectivity index (χ3n) is 3.92. The molecule has 2 atom stereocenters. The smallest absolute Gasteiger partial charge is 0.245 e. The maximum atomic E-state index is 12.5. The summed E-state index contributed by atoms with van der Waals surface area (Å²) in [6.07, 6.45) is 1.66. The second-order valence-corrected chi connectivity index (χ2v) is 5.26. The molecular formula is C13H23N3O3. The van der Waals surface area contributed by atoms with Crippen LogP contribution in [0.3, 0.4) is 0 Å². The van der Waals surface area contributed by atoms with Gasteiger partial charge in [-0.2, -0.15) is 0 Å². The highest BCUT2D eigenvalue weighted by Crippen LogP contribution is 2.22.